The van der Waals surface area contributed by atoms with E-state index in [0.717, 1.165) is 15.6 Å². The van der Waals surface area contributed by atoms with Gasteiger partial charge in [0.25, 0.3) is 5.91 Å². The van der Waals surface area contributed by atoms with Gasteiger partial charge in [-0.15, -0.1) is 0 Å². The maximum absolute atomic E-state index is 12.0. The molecule has 0 heterocycles. The van der Waals surface area contributed by atoms with Gasteiger partial charge in [-0.05, 0) is 48.4 Å². The molecule has 0 radical (unpaired) electrons. The van der Waals surface area contributed by atoms with Crippen LogP contribution in [0.2, 0.25) is 0 Å². The summed E-state index contributed by atoms with van der Waals surface area (Å²) in [6.07, 6.45) is 0. The van der Waals surface area contributed by atoms with Crippen LogP contribution >= 0.6 is 15.9 Å². The highest BCUT2D eigenvalue weighted by atomic mass is 79.9. The third kappa shape index (κ3) is 3.83. The van der Waals surface area contributed by atoms with Crippen LogP contribution in [0.4, 0.5) is 0 Å². The third-order valence-electron chi connectivity index (χ3n) is 2.67. The Morgan fingerprint density at radius 1 is 1.26 bits per heavy atom. The Hall–Kier alpha value is -1.81. The zero-order chi connectivity index (χ0) is 13.8. The molecule has 2 aromatic carbocycles. The predicted molar refractivity (Wildman–Crippen MR) is 78.2 cm³/mol. The molecule has 0 unspecified atom stereocenters. The molecule has 0 aliphatic heterocycles. The highest BCUT2D eigenvalue weighted by Crippen LogP contribution is 2.15. The van der Waals surface area contributed by atoms with Gasteiger partial charge in [0, 0.05) is 16.6 Å². The standard InChI is InChI=1S/C15H14BrNO2/c1-10-5-12(8-13(16)6-10)15(19)17-9-11-3-2-4-14(18)7-11/h2-8,18H,9H2,1H3,(H,17,19). The summed E-state index contributed by atoms with van der Waals surface area (Å²) >= 11 is 3.37. The zero-order valence-electron chi connectivity index (χ0n) is 10.5. The molecular formula is C15H14BrNO2. The maximum atomic E-state index is 12.0. The van der Waals surface area contributed by atoms with Crippen LogP contribution in [0.25, 0.3) is 0 Å². The van der Waals surface area contributed by atoms with Gasteiger partial charge in [-0.25, -0.2) is 0 Å². The minimum absolute atomic E-state index is 0.132. The van der Waals surface area contributed by atoms with Crippen molar-refractivity contribution in [2.75, 3.05) is 0 Å². The Morgan fingerprint density at radius 3 is 2.74 bits per heavy atom. The number of aromatic hydroxyl groups is 1. The lowest BCUT2D eigenvalue weighted by Crippen LogP contribution is -2.22. The van der Waals surface area contributed by atoms with Crippen LogP contribution in [0.3, 0.4) is 0 Å². The first-order valence-corrected chi connectivity index (χ1v) is 6.67. The topological polar surface area (TPSA) is 49.3 Å². The minimum atomic E-state index is -0.132. The number of rotatable bonds is 3. The van der Waals surface area contributed by atoms with E-state index in [1.165, 1.54) is 0 Å². The van der Waals surface area contributed by atoms with Crippen LogP contribution in [0.1, 0.15) is 21.5 Å². The number of phenols is 1. The second kappa shape index (κ2) is 5.89. The number of hydrogen-bond acceptors (Lipinski definition) is 2. The molecule has 1 amide bonds. The molecule has 0 fully saturated rings. The van der Waals surface area contributed by atoms with Crippen LogP contribution < -0.4 is 5.32 Å². The highest BCUT2D eigenvalue weighted by molar-refractivity contribution is 9.10. The monoisotopic (exact) mass is 319 g/mol. The second-order valence-electron chi connectivity index (χ2n) is 4.37. The van der Waals surface area contributed by atoms with Crippen molar-refractivity contribution in [1.29, 1.82) is 0 Å². The Morgan fingerprint density at radius 2 is 2.05 bits per heavy atom. The SMILES string of the molecule is Cc1cc(Br)cc(C(=O)NCc2cccc(O)c2)c1. The van der Waals surface area contributed by atoms with Crippen LogP contribution in [0, 0.1) is 6.92 Å². The molecule has 3 nitrogen and oxygen atoms in total. The van der Waals surface area contributed by atoms with Gasteiger partial charge in [0.1, 0.15) is 5.75 Å². The number of benzene rings is 2. The summed E-state index contributed by atoms with van der Waals surface area (Å²) < 4.78 is 0.884. The van der Waals surface area contributed by atoms with Crippen LogP contribution in [0.15, 0.2) is 46.9 Å². The summed E-state index contributed by atoms with van der Waals surface area (Å²) in [6.45, 7) is 2.33. The predicted octanol–water partition coefficient (Wildman–Crippen LogP) is 3.39. The first-order valence-electron chi connectivity index (χ1n) is 5.88. The average Bonchev–Trinajstić information content (AvgIpc) is 2.35. The lowest BCUT2D eigenvalue weighted by atomic mass is 10.1. The van der Waals surface area contributed by atoms with E-state index < -0.39 is 0 Å². The normalized spacial score (nSPS) is 10.2. The zero-order valence-corrected chi connectivity index (χ0v) is 12.1. The van der Waals surface area contributed by atoms with Gasteiger partial charge >= 0.3 is 0 Å². The number of nitrogens with one attached hydrogen (secondary N) is 1. The van der Waals surface area contributed by atoms with Gasteiger partial charge in [0.05, 0.1) is 0 Å². The molecule has 0 bridgehead atoms. The molecule has 0 spiro atoms. The fraction of sp³-hybridized carbons (Fsp3) is 0.133. The van der Waals surface area contributed by atoms with E-state index >= 15 is 0 Å². The Labute approximate surface area is 120 Å². The van der Waals surface area contributed by atoms with Gasteiger partial charge in [-0.1, -0.05) is 28.1 Å². The van der Waals surface area contributed by atoms with Crippen LogP contribution in [-0.4, -0.2) is 11.0 Å². The molecular weight excluding hydrogens is 306 g/mol. The Bertz CT molecular complexity index is 591. The van der Waals surface area contributed by atoms with E-state index in [0.29, 0.717) is 12.1 Å². The van der Waals surface area contributed by atoms with E-state index in [-0.39, 0.29) is 11.7 Å². The fourth-order valence-electron chi connectivity index (χ4n) is 1.82. The molecule has 98 valence electrons. The molecule has 4 heteroatoms. The molecule has 0 aromatic heterocycles. The molecule has 2 rings (SSSR count). The summed E-state index contributed by atoms with van der Waals surface area (Å²) in [4.78, 5) is 12.0. The number of halogens is 1. The summed E-state index contributed by atoms with van der Waals surface area (Å²) in [7, 11) is 0. The summed E-state index contributed by atoms with van der Waals surface area (Å²) in [5.41, 5.74) is 2.50. The Balaban J connectivity index is 2.05. The van der Waals surface area contributed by atoms with Crippen molar-refractivity contribution in [2.45, 2.75) is 13.5 Å². The number of carbonyl (C=O) groups excluding carboxylic acids is 1. The molecule has 0 aliphatic rings. The fourth-order valence-corrected chi connectivity index (χ4v) is 2.43. The quantitative estimate of drug-likeness (QED) is 0.911. The van der Waals surface area contributed by atoms with Gasteiger partial charge in [0.2, 0.25) is 0 Å². The van der Waals surface area contributed by atoms with E-state index in [1.807, 2.05) is 25.1 Å². The molecule has 0 saturated carbocycles. The number of carbonyl (C=O) groups is 1. The van der Waals surface area contributed by atoms with E-state index in [9.17, 15) is 9.90 Å². The van der Waals surface area contributed by atoms with Crippen LogP contribution in [0.5, 0.6) is 5.75 Å². The van der Waals surface area contributed by atoms with Crippen molar-refractivity contribution in [1.82, 2.24) is 5.32 Å². The van der Waals surface area contributed by atoms with Crippen LogP contribution in [-0.2, 0) is 6.54 Å². The largest absolute Gasteiger partial charge is 0.508 e. The van der Waals surface area contributed by atoms with Crippen molar-refractivity contribution in [2.24, 2.45) is 0 Å². The number of hydrogen-bond donors (Lipinski definition) is 2. The molecule has 0 atom stereocenters. The van der Waals surface area contributed by atoms with Crippen molar-refractivity contribution in [3.05, 3.63) is 63.6 Å². The van der Waals surface area contributed by atoms with Gasteiger partial charge < -0.3 is 10.4 Å². The van der Waals surface area contributed by atoms with E-state index in [4.69, 9.17) is 0 Å². The number of amides is 1. The molecule has 2 N–H and O–H groups in total. The summed E-state index contributed by atoms with van der Waals surface area (Å²) in [5.74, 6) is 0.0674. The van der Waals surface area contributed by atoms with E-state index in [1.54, 1.807) is 24.3 Å². The Kier molecular flexibility index (Phi) is 4.22. The number of phenolic OH excluding ortho intramolecular Hbond substituents is 1. The summed E-state index contributed by atoms with van der Waals surface area (Å²) in [6, 6.07) is 12.4. The van der Waals surface area contributed by atoms with Gasteiger partial charge in [0.15, 0.2) is 0 Å². The first-order chi connectivity index (χ1) is 9.04. The van der Waals surface area contributed by atoms with Crippen molar-refractivity contribution in [3.8, 4) is 5.75 Å². The van der Waals surface area contributed by atoms with Crippen molar-refractivity contribution >= 4 is 21.8 Å². The first kappa shape index (κ1) is 13.6. The third-order valence-corrected chi connectivity index (χ3v) is 3.13. The molecule has 19 heavy (non-hydrogen) atoms. The maximum Gasteiger partial charge on any atom is 0.251 e. The smallest absolute Gasteiger partial charge is 0.251 e. The molecule has 0 saturated heterocycles. The highest BCUT2D eigenvalue weighted by Gasteiger charge is 2.07. The van der Waals surface area contributed by atoms with E-state index in [2.05, 4.69) is 21.2 Å². The van der Waals surface area contributed by atoms with Gasteiger partial charge in [-0.3, -0.25) is 4.79 Å². The van der Waals surface area contributed by atoms with Gasteiger partial charge in [-0.2, -0.15) is 0 Å². The lowest BCUT2D eigenvalue weighted by molar-refractivity contribution is 0.0950. The minimum Gasteiger partial charge on any atom is -0.508 e. The average molecular weight is 320 g/mol. The summed E-state index contributed by atoms with van der Waals surface area (Å²) in [5, 5.41) is 12.2. The molecule has 2 aromatic rings. The van der Waals surface area contributed by atoms with Crippen molar-refractivity contribution in [3.63, 3.8) is 0 Å². The van der Waals surface area contributed by atoms with Crippen molar-refractivity contribution < 1.29 is 9.90 Å². The number of aryl methyl sites for hydroxylation is 1. The lowest BCUT2D eigenvalue weighted by Gasteiger charge is -2.07. The second-order valence-corrected chi connectivity index (χ2v) is 5.29. The molecule has 0 aliphatic carbocycles.